The number of nitrogens with zero attached hydrogens (tertiary/aromatic N) is 3. The highest BCUT2D eigenvalue weighted by atomic mass is 16.2. The van der Waals surface area contributed by atoms with Crippen LogP contribution in [0.3, 0.4) is 0 Å². The fourth-order valence-corrected chi connectivity index (χ4v) is 7.67. The van der Waals surface area contributed by atoms with Crippen molar-refractivity contribution in [2.45, 2.75) is 18.5 Å². The van der Waals surface area contributed by atoms with Gasteiger partial charge in [-0.2, -0.15) is 0 Å². The van der Waals surface area contributed by atoms with Crippen LogP contribution in [0.15, 0.2) is 21.7 Å². The zero-order valence-corrected chi connectivity index (χ0v) is 11.4. The van der Waals surface area contributed by atoms with Crippen molar-refractivity contribution in [2.75, 3.05) is 0 Å². The molecule has 8 rings (SSSR count). The van der Waals surface area contributed by atoms with Crippen molar-refractivity contribution < 1.29 is 4.79 Å². The SMILES string of the molecule is Cn1c(=O)n2n(c1=O)[C@H]1[C@@H]3[C@@H]4[C@@H]3[C@@H]3[C@]5(C=CC(=O)C[C@]135)[C@H]42. The van der Waals surface area contributed by atoms with Crippen LogP contribution in [0.25, 0.3) is 0 Å². The molecule has 4 saturated carbocycles. The molecule has 0 unspecified atom stereocenters. The van der Waals surface area contributed by atoms with Crippen LogP contribution >= 0.6 is 0 Å². The Labute approximate surface area is 118 Å². The highest BCUT2D eigenvalue weighted by Crippen LogP contribution is 3.03. The van der Waals surface area contributed by atoms with E-state index in [1.54, 1.807) is 22.5 Å². The first-order valence-corrected chi connectivity index (χ1v) is 7.69. The minimum Gasteiger partial charge on any atom is -0.295 e. The van der Waals surface area contributed by atoms with Crippen molar-refractivity contribution >= 4 is 5.78 Å². The second-order valence-corrected chi connectivity index (χ2v) is 7.86. The molecule has 106 valence electrons. The first-order valence-electron chi connectivity index (χ1n) is 7.69. The molecule has 1 aromatic heterocycles. The number of allylic oxidation sites excluding steroid dienone is 2. The van der Waals surface area contributed by atoms with Gasteiger partial charge in [0.05, 0.1) is 12.1 Å². The van der Waals surface area contributed by atoms with Gasteiger partial charge in [-0.05, 0) is 29.7 Å². The maximum atomic E-state index is 12.5. The Kier molecular flexibility index (Phi) is 1.05. The Morgan fingerprint density at radius 1 is 1.05 bits per heavy atom. The lowest BCUT2D eigenvalue weighted by molar-refractivity contribution is -0.119. The Balaban J connectivity index is 1.68. The quantitative estimate of drug-likeness (QED) is 0.642. The van der Waals surface area contributed by atoms with Crippen molar-refractivity contribution in [2.24, 2.45) is 41.5 Å². The predicted octanol–water partition coefficient (Wildman–Crippen LogP) is -0.535. The Morgan fingerprint density at radius 3 is 2.48 bits per heavy atom. The van der Waals surface area contributed by atoms with E-state index in [1.165, 1.54) is 4.57 Å². The third-order valence-corrected chi connectivity index (χ3v) is 7.85. The number of hydrogen-bond acceptors (Lipinski definition) is 3. The van der Waals surface area contributed by atoms with Gasteiger partial charge in [0.25, 0.3) is 0 Å². The van der Waals surface area contributed by atoms with Crippen LogP contribution in [0.1, 0.15) is 18.5 Å². The number of rotatable bonds is 0. The van der Waals surface area contributed by atoms with Crippen molar-refractivity contribution in [3.63, 3.8) is 0 Å². The summed E-state index contributed by atoms with van der Waals surface area (Å²) in [6.45, 7) is 0. The van der Waals surface area contributed by atoms with E-state index in [0.29, 0.717) is 30.1 Å². The molecule has 0 saturated heterocycles. The molecule has 6 heteroatoms. The van der Waals surface area contributed by atoms with E-state index in [0.717, 1.165) is 0 Å². The third-order valence-electron chi connectivity index (χ3n) is 7.85. The lowest BCUT2D eigenvalue weighted by atomic mass is 9.67. The molecule has 6 nitrogen and oxygen atoms in total. The number of aromatic nitrogens is 3. The van der Waals surface area contributed by atoms with E-state index in [2.05, 4.69) is 6.08 Å². The minimum atomic E-state index is -0.198. The molecule has 1 aromatic rings. The van der Waals surface area contributed by atoms with Crippen LogP contribution in [0, 0.1) is 34.5 Å². The van der Waals surface area contributed by atoms with Crippen LogP contribution in [0.2, 0.25) is 0 Å². The van der Waals surface area contributed by atoms with Crippen molar-refractivity contribution in [3.05, 3.63) is 33.1 Å². The smallest absolute Gasteiger partial charge is 0.295 e. The standard InChI is InChI=1S/C15H13N3O3/c1-16-12(20)17-10-7-6-8(7)11(18(17)13(16)21)15-4-5(19)2-3-14(10,15)9(6)15/h2-3,6-11H,4H2,1H3/t6-,7-,8-,9+,10-,11-,14+,15+/m0/s1. The van der Waals surface area contributed by atoms with Gasteiger partial charge in [0.15, 0.2) is 5.78 Å². The Hall–Kier alpha value is -1.85. The monoisotopic (exact) mass is 283 g/mol. The first-order chi connectivity index (χ1) is 10.1. The van der Waals surface area contributed by atoms with Crippen LogP contribution in [0.5, 0.6) is 0 Å². The van der Waals surface area contributed by atoms with Gasteiger partial charge in [-0.15, -0.1) is 0 Å². The molecule has 4 fully saturated rings. The van der Waals surface area contributed by atoms with Gasteiger partial charge in [0.1, 0.15) is 0 Å². The van der Waals surface area contributed by atoms with Crippen molar-refractivity contribution in [1.82, 2.24) is 13.9 Å². The van der Waals surface area contributed by atoms with Crippen molar-refractivity contribution in [1.29, 1.82) is 0 Å². The largest absolute Gasteiger partial charge is 0.347 e. The van der Waals surface area contributed by atoms with Crippen LogP contribution < -0.4 is 11.4 Å². The second-order valence-electron chi connectivity index (χ2n) is 7.86. The van der Waals surface area contributed by atoms with Gasteiger partial charge in [0.2, 0.25) is 0 Å². The van der Waals surface area contributed by atoms with E-state index in [1.807, 2.05) is 0 Å². The molecule has 7 aliphatic rings. The molecular formula is C15H13N3O3. The molecule has 0 amide bonds. The topological polar surface area (TPSA) is 66.0 Å². The summed E-state index contributed by atoms with van der Waals surface area (Å²) in [6, 6.07) is 0.200. The Morgan fingerprint density at radius 2 is 1.71 bits per heavy atom. The summed E-state index contributed by atoms with van der Waals surface area (Å²) in [5.74, 6) is 2.48. The van der Waals surface area contributed by atoms with E-state index in [9.17, 15) is 14.4 Å². The maximum absolute atomic E-state index is 12.5. The number of carbonyl (C=O) groups excluding carboxylic acids is 1. The summed E-state index contributed by atoms with van der Waals surface area (Å²) in [4.78, 5) is 37.0. The van der Waals surface area contributed by atoms with E-state index in [4.69, 9.17) is 0 Å². The normalized spacial score (nSPS) is 58.2. The third kappa shape index (κ3) is 0.582. The highest BCUT2D eigenvalue weighted by Gasteiger charge is 3.03. The van der Waals surface area contributed by atoms with E-state index >= 15 is 0 Å². The van der Waals surface area contributed by atoms with Crippen molar-refractivity contribution in [3.8, 4) is 0 Å². The van der Waals surface area contributed by atoms with E-state index < -0.39 is 0 Å². The molecule has 3 heterocycles. The van der Waals surface area contributed by atoms with Crippen LogP contribution in [-0.2, 0) is 11.8 Å². The molecule has 21 heavy (non-hydrogen) atoms. The van der Waals surface area contributed by atoms with E-state index in [-0.39, 0.29) is 40.1 Å². The molecule has 0 N–H and O–H groups in total. The molecular weight excluding hydrogens is 270 g/mol. The van der Waals surface area contributed by atoms with Crippen LogP contribution in [-0.4, -0.2) is 19.7 Å². The highest BCUT2D eigenvalue weighted by molar-refractivity contribution is 5.93. The van der Waals surface area contributed by atoms with Gasteiger partial charge in [0, 0.05) is 24.3 Å². The zero-order valence-electron chi connectivity index (χ0n) is 11.4. The minimum absolute atomic E-state index is 0.00722. The number of hydrogen-bond donors (Lipinski definition) is 0. The molecule has 2 aliphatic heterocycles. The summed E-state index contributed by atoms with van der Waals surface area (Å²) in [5, 5.41) is 0. The molecule has 0 radical (unpaired) electrons. The maximum Gasteiger partial charge on any atom is 0.347 e. The first kappa shape index (κ1) is 9.97. The molecule has 0 aromatic carbocycles. The summed E-state index contributed by atoms with van der Waals surface area (Å²) in [5.41, 5.74) is -0.407. The van der Waals surface area contributed by atoms with Crippen LogP contribution in [0.4, 0.5) is 0 Å². The average Bonchev–Trinajstić information content (AvgIpc) is 3.23. The molecule has 2 bridgehead atoms. The summed E-state index contributed by atoms with van der Waals surface area (Å²) >= 11 is 0. The van der Waals surface area contributed by atoms with Gasteiger partial charge >= 0.3 is 11.4 Å². The summed E-state index contributed by atoms with van der Waals surface area (Å²) in [7, 11) is 1.56. The Bertz CT molecular complexity index is 964. The number of carbonyl (C=O) groups is 1. The summed E-state index contributed by atoms with van der Waals surface area (Å²) in [6.07, 6.45) is 4.41. The number of ketones is 1. The fraction of sp³-hybridized carbons (Fsp3) is 0.667. The lowest BCUT2D eigenvalue weighted by Crippen LogP contribution is -2.53. The molecule has 5 aliphatic carbocycles. The molecule has 8 atom stereocenters. The van der Waals surface area contributed by atoms with Gasteiger partial charge in [-0.25, -0.2) is 23.5 Å². The predicted molar refractivity (Wildman–Crippen MR) is 69.6 cm³/mol. The summed E-state index contributed by atoms with van der Waals surface area (Å²) < 4.78 is 4.71. The molecule has 2 spiro atoms. The zero-order chi connectivity index (χ0) is 14.0. The van der Waals surface area contributed by atoms with Gasteiger partial charge < -0.3 is 0 Å². The lowest BCUT2D eigenvalue weighted by Gasteiger charge is -2.48. The average molecular weight is 283 g/mol. The second kappa shape index (κ2) is 2.21. The van der Waals surface area contributed by atoms with Gasteiger partial charge in [-0.1, -0.05) is 6.08 Å². The fourth-order valence-electron chi connectivity index (χ4n) is 7.67. The van der Waals surface area contributed by atoms with Gasteiger partial charge in [-0.3, -0.25) is 4.79 Å².